The van der Waals surface area contributed by atoms with E-state index < -0.39 is 0 Å². The number of thiol groups is 1. The van der Waals surface area contributed by atoms with Crippen molar-refractivity contribution in [3.8, 4) is 0 Å². The van der Waals surface area contributed by atoms with Crippen LogP contribution in [0.5, 0.6) is 0 Å². The summed E-state index contributed by atoms with van der Waals surface area (Å²) in [4.78, 5) is 0.563. The Morgan fingerprint density at radius 3 is 1.75 bits per heavy atom. The molecule has 0 bridgehead atoms. The molecule has 1 aromatic carbocycles. The molecule has 0 aromatic heterocycles. The van der Waals surface area contributed by atoms with Gasteiger partial charge >= 0.3 is 0 Å². The third-order valence-electron chi connectivity index (χ3n) is 0.982. The van der Waals surface area contributed by atoms with Crippen LogP contribution in [0, 0.1) is 0 Å². The second-order valence-electron chi connectivity index (χ2n) is 1.72. The lowest BCUT2D eigenvalue weighted by molar-refractivity contribution is 1.47. The van der Waals surface area contributed by atoms with Crippen LogP contribution >= 0.6 is 47.4 Å². The van der Waals surface area contributed by atoms with Gasteiger partial charge in [-0.2, -0.15) is 0 Å². The Hall–Kier alpha value is 0.400. The van der Waals surface area contributed by atoms with E-state index in [1.165, 1.54) is 7.05 Å². The van der Waals surface area contributed by atoms with Crippen molar-refractivity contribution in [3.63, 3.8) is 0 Å². The summed E-state index contributed by atoms with van der Waals surface area (Å²) in [5, 5.41) is 1.47. The Labute approximate surface area is 92.2 Å². The summed E-state index contributed by atoms with van der Waals surface area (Å²) < 4.78 is 0. The van der Waals surface area contributed by atoms with Gasteiger partial charge in [-0.3, -0.25) is 0 Å². The smallest absolute Gasteiger partial charge is 0.0569 e. The fraction of sp³-hybridized carbons (Fsp3) is 0.143. The van der Waals surface area contributed by atoms with E-state index in [1.807, 2.05) is 0 Å². The molecule has 1 rings (SSSR count). The Balaban J connectivity index is 0.000000561. The van der Waals surface area contributed by atoms with Crippen molar-refractivity contribution in [1.82, 2.24) is 0 Å². The molecule has 2 N–H and O–H groups in total. The van der Waals surface area contributed by atoms with Crippen molar-refractivity contribution in [1.29, 1.82) is 0 Å². The van der Waals surface area contributed by atoms with Gasteiger partial charge in [0.05, 0.1) is 10.0 Å². The van der Waals surface area contributed by atoms with E-state index in [2.05, 4.69) is 18.4 Å². The standard InChI is InChI=1S/C6H3Cl3S.CH5N/c7-3-1-4(8)6(10)5(9)2-3;1-2/h1-2,10H;2H2,1H3. The minimum atomic E-state index is 0.473. The molecular weight excluding hydrogens is 237 g/mol. The highest BCUT2D eigenvalue weighted by atomic mass is 35.5. The van der Waals surface area contributed by atoms with Gasteiger partial charge in [-0.15, -0.1) is 12.6 Å². The molecule has 0 aliphatic heterocycles. The normalized spacial score (nSPS) is 8.83. The summed E-state index contributed by atoms with van der Waals surface area (Å²) >= 11 is 21.0. The fourth-order valence-corrected chi connectivity index (χ4v) is 1.48. The van der Waals surface area contributed by atoms with Crippen LogP contribution in [0.1, 0.15) is 0 Å². The summed E-state index contributed by atoms with van der Waals surface area (Å²) in [6.45, 7) is 0. The van der Waals surface area contributed by atoms with Crippen LogP contribution in [-0.2, 0) is 0 Å². The monoisotopic (exact) mass is 243 g/mol. The molecule has 1 aromatic rings. The predicted octanol–water partition coefficient (Wildman–Crippen LogP) is 3.51. The van der Waals surface area contributed by atoms with Crippen molar-refractivity contribution in [2.45, 2.75) is 4.90 Å². The van der Waals surface area contributed by atoms with Crippen LogP contribution in [0.3, 0.4) is 0 Å². The molecule has 1 nitrogen and oxygen atoms in total. The fourth-order valence-electron chi connectivity index (χ4n) is 0.535. The van der Waals surface area contributed by atoms with Crippen LogP contribution in [0.15, 0.2) is 17.0 Å². The molecule has 0 aliphatic rings. The van der Waals surface area contributed by atoms with Crippen LogP contribution < -0.4 is 5.73 Å². The molecule has 12 heavy (non-hydrogen) atoms. The largest absolute Gasteiger partial charge is 0.333 e. The summed E-state index contributed by atoms with van der Waals surface area (Å²) in [6, 6.07) is 3.19. The maximum atomic E-state index is 5.67. The molecule has 0 spiro atoms. The number of benzene rings is 1. The first kappa shape index (κ1) is 12.4. The number of hydrogen-bond donors (Lipinski definition) is 2. The zero-order valence-corrected chi connectivity index (χ0v) is 9.48. The highest BCUT2D eigenvalue weighted by Gasteiger charge is 2.01. The Morgan fingerprint density at radius 2 is 1.42 bits per heavy atom. The summed E-state index contributed by atoms with van der Waals surface area (Å²) in [7, 11) is 1.50. The van der Waals surface area contributed by atoms with Gasteiger partial charge in [-0.25, -0.2) is 0 Å². The summed E-state index contributed by atoms with van der Waals surface area (Å²) in [6.07, 6.45) is 0. The minimum absolute atomic E-state index is 0.473. The van der Waals surface area contributed by atoms with E-state index in [4.69, 9.17) is 34.8 Å². The number of halogens is 3. The van der Waals surface area contributed by atoms with E-state index in [0.717, 1.165) is 0 Å². The average Bonchev–Trinajstić information content (AvgIpc) is 2.04. The predicted molar refractivity (Wildman–Crippen MR) is 58.8 cm³/mol. The topological polar surface area (TPSA) is 26.0 Å². The van der Waals surface area contributed by atoms with E-state index >= 15 is 0 Å². The first-order valence-corrected chi connectivity index (χ1v) is 4.60. The molecule has 0 aliphatic carbocycles. The molecule has 68 valence electrons. The lowest BCUT2D eigenvalue weighted by Gasteiger charge is -1.98. The van der Waals surface area contributed by atoms with Crippen molar-refractivity contribution in [2.24, 2.45) is 5.73 Å². The second-order valence-corrected chi connectivity index (χ2v) is 3.42. The average molecular weight is 245 g/mol. The van der Waals surface area contributed by atoms with Gasteiger partial charge < -0.3 is 5.73 Å². The van der Waals surface area contributed by atoms with Crippen molar-refractivity contribution >= 4 is 47.4 Å². The zero-order chi connectivity index (χ0) is 9.72. The summed E-state index contributed by atoms with van der Waals surface area (Å²) in [5.41, 5.74) is 4.50. The van der Waals surface area contributed by atoms with Crippen LogP contribution in [-0.4, -0.2) is 7.05 Å². The lowest BCUT2D eigenvalue weighted by Crippen LogP contribution is -1.72. The van der Waals surface area contributed by atoms with Gasteiger partial charge in [0.2, 0.25) is 0 Å². The van der Waals surface area contributed by atoms with Crippen molar-refractivity contribution < 1.29 is 0 Å². The second kappa shape index (κ2) is 5.95. The molecule has 5 heteroatoms. The first-order chi connectivity index (χ1) is 5.61. The maximum absolute atomic E-state index is 5.67. The van der Waals surface area contributed by atoms with Gasteiger partial charge in [-0.1, -0.05) is 34.8 Å². The van der Waals surface area contributed by atoms with Crippen molar-refractivity contribution in [2.75, 3.05) is 7.05 Å². The van der Waals surface area contributed by atoms with Crippen LogP contribution in [0.2, 0.25) is 15.1 Å². The molecule has 0 unspecified atom stereocenters. The zero-order valence-electron chi connectivity index (χ0n) is 6.31. The van der Waals surface area contributed by atoms with Gasteiger partial charge in [0.25, 0.3) is 0 Å². The van der Waals surface area contributed by atoms with E-state index in [0.29, 0.717) is 20.0 Å². The highest BCUT2D eigenvalue weighted by molar-refractivity contribution is 7.80. The Bertz CT molecular complexity index is 242. The molecule has 0 heterocycles. The SMILES string of the molecule is CN.Sc1c(Cl)cc(Cl)cc1Cl. The Kier molecular flexibility index (Phi) is 6.14. The molecular formula is C7H8Cl3NS. The van der Waals surface area contributed by atoms with Gasteiger partial charge in [-0.05, 0) is 19.2 Å². The molecule has 0 saturated carbocycles. The molecule has 0 saturated heterocycles. The maximum Gasteiger partial charge on any atom is 0.0569 e. The molecule has 0 atom stereocenters. The molecule has 0 fully saturated rings. The van der Waals surface area contributed by atoms with Gasteiger partial charge in [0, 0.05) is 9.92 Å². The van der Waals surface area contributed by atoms with Gasteiger partial charge in [0.1, 0.15) is 0 Å². The van der Waals surface area contributed by atoms with Crippen LogP contribution in [0.25, 0.3) is 0 Å². The minimum Gasteiger partial charge on any atom is -0.333 e. The quantitative estimate of drug-likeness (QED) is 0.671. The molecule has 0 amide bonds. The third kappa shape index (κ3) is 3.42. The van der Waals surface area contributed by atoms with Crippen molar-refractivity contribution in [3.05, 3.63) is 27.2 Å². The van der Waals surface area contributed by atoms with E-state index in [9.17, 15) is 0 Å². The Morgan fingerprint density at radius 1 is 1.08 bits per heavy atom. The lowest BCUT2D eigenvalue weighted by atomic mass is 10.4. The van der Waals surface area contributed by atoms with Gasteiger partial charge in [0.15, 0.2) is 0 Å². The summed E-state index contributed by atoms with van der Waals surface area (Å²) in [5.74, 6) is 0. The number of rotatable bonds is 0. The molecule has 0 radical (unpaired) electrons. The van der Waals surface area contributed by atoms with E-state index in [1.54, 1.807) is 12.1 Å². The van der Waals surface area contributed by atoms with E-state index in [-0.39, 0.29) is 0 Å². The number of nitrogens with two attached hydrogens (primary N) is 1. The highest BCUT2D eigenvalue weighted by Crippen LogP contribution is 2.31. The van der Waals surface area contributed by atoms with Crippen LogP contribution in [0.4, 0.5) is 0 Å². The third-order valence-corrected chi connectivity index (χ3v) is 2.54. The first-order valence-electron chi connectivity index (χ1n) is 3.02. The number of hydrogen-bond acceptors (Lipinski definition) is 2.